The van der Waals surface area contributed by atoms with Crippen molar-refractivity contribution in [3.63, 3.8) is 0 Å². The molecule has 1 aliphatic heterocycles. The van der Waals surface area contributed by atoms with Crippen LogP contribution in [0.1, 0.15) is 22.3 Å². The highest BCUT2D eigenvalue weighted by atomic mass is 16.2. The van der Waals surface area contributed by atoms with Gasteiger partial charge in [0, 0.05) is 12.1 Å². The molecule has 1 fully saturated rings. The highest BCUT2D eigenvalue weighted by molar-refractivity contribution is 6.23. The minimum absolute atomic E-state index is 0.0128. The second kappa shape index (κ2) is 8.74. The third-order valence-electron chi connectivity index (χ3n) is 5.28. The number of anilines is 1. The van der Waals surface area contributed by atoms with Gasteiger partial charge in [-0.3, -0.25) is 14.4 Å². The van der Waals surface area contributed by atoms with Gasteiger partial charge in [0.05, 0.1) is 12.1 Å². The van der Waals surface area contributed by atoms with E-state index in [-0.39, 0.29) is 24.1 Å². The molecule has 0 aliphatic carbocycles. The largest absolute Gasteiger partial charge is 0.326 e. The summed E-state index contributed by atoms with van der Waals surface area (Å²) in [7, 11) is 0. The maximum absolute atomic E-state index is 13.3. The number of hydrogen-bond acceptors (Lipinski definition) is 3. The Morgan fingerprint density at radius 2 is 1.40 bits per heavy atom. The predicted octanol–water partition coefficient (Wildman–Crippen LogP) is 3.70. The molecule has 4 rings (SSSR count). The minimum atomic E-state index is -0.811. The number of imide groups is 1. The average molecular weight is 398 g/mol. The number of rotatable bonds is 6. The molecule has 1 heterocycles. The molecule has 0 radical (unpaired) electrons. The van der Waals surface area contributed by atoms with Crippen LogP contribution in [0.2, 0.25) is 0 Å². The summed E-state index contributed by atoms with van der Waals surface area (Å²) in [5, 5.41) is 0. The molecule has 1 atom stereocenters. The van der Waals surface area contributed by atoms with E-state index in [2.05, 4.69) is 0 Å². The molecule has 5 nitrogen and oxygen atoms in total. The van der Waals surface area contributed by atoms with Crippen LogP contribution in [-0.2, 0) is 16.0 Å². The molecule has 0 saturated carbocycles. The van der Waals surface area contributed by atoms with Gasteiger partial charge in [0.1, 0.15) is 6.04 Å². The van der Waals surface area contributed by atoms with Crippen LogP contribution in [0.15, 0.2) is 91.0 Å². The monoisotopic (exact) mass is 398 g/mol. The van der Waals surface area contributed by atoms with Crippen LogP contribution in [0.5, 0.6) is 0 Å². The summed E-state index contributed by atoms with van der Waals surface area (Å²) in [6.45, 7) is 0.351. The zero-order valence-corrected chi connectivity index (χ0v) is 16.5. The Bertz CT molecular complexity index is 1040. The van der Waals surface area contributed by atoms with Gasteiger partial charge in [-0.15, -0.1) is 0 Å². The topological polar surface area (TPSA) is 57.7 Å². The van der Waals surface area contributed by atoms with Crippen molar-refractivity contribution in [1.29, 1.82) is 0 Å². The standard InChI is InChI=1S/C25H22N2O3/c28-23-18-22(25(30)27(23)21-14-8-3-9-15-21)26(17-16-19-10-4-1-5-11-19)24(29)20-12-6-2-7-13-20/h1-15,22H,16-18H2/t22-/m1/s1. The average Bonchev–Trinajstić information content (AvgIpc) is 3.09. The molecule has 150 valence electrons. The second-order valence-corrected chi connectivity index (χ2v) is 7.22. The fraction of sp³-hybridized carbons (Fsp3) is 0.160. The van der Waals surface area contributed by atoms with Gasteiger partial charge in [-0.1, -0.05) is 66.7 Å². The predicted molar refractivity (Wildman–Crippen MR) is 115 cm³/mol. The van der Waals surface area contributed by atoms with Crippen molar-refractivity contribution in [2.24, 2.45) is 0 Å². The van der Waals surface area contributed by atoms with Crippen LogP contribution < -0.4 is 4.90 Å². The van der Waals surface area contributed by atoms with E-state index in [1.165, 1.54) is 4.90 Å². The van der Waals surface area contributed by atoms with Crippen LogP contribution in [-0.4, -0.2) is 35.2 Å². The first-order chi connectivity index (χ1) is 14.6. The molecule has 0 spiro atoms. The third-order valence-corrected chi connectivity index (χ3v) is 5.28. The lowest BCUT2D eigenvalue weighted by atomic mass is 10.1. The lowest BCUT2D eigenvalue weighted by Crippen LogP contribution is -2.46. The Kier molecular flexibility index (Phi) is 5.70. The van der Waals surface area contributed by atoms with Crippen molar-refractivity contribution >= 4 is 23.4 Å². The van der Waals surface area contributed by atoms with Gasteiger partial charge in [0.25, 0.3) is 11.8 Å². The van der Waals surface area contributed by atoms with Gasteiger partial charge in [0.15, 0.2) is 0 Å². The molecule has 1 saturated heterocycles. The van der Waals surface area contributed by atoms with E-state index < -0.39 is 6.04 Å². The van der Waals surface area contributed by atoms with Crippen molar-refractivity contribution in [3.8, 4) is 0 Å². The Labute approximate surface area is 175 Å². The van der Waals surface area contributed by atoms with E-state index in [1.807, 2.05) is 42.5 Å². The molecule has 0 unspecified atom stereocenters. The maximum Gasteiger partial charge on any atom is 0.257 e. The molecule has 3 aromatic rings. The van der Waals surface area contributed by atoms with Crippen molar-refractivity contribution in [2.45, 2.75) is 18.9 Å². The van der Waals surface area contributed by atoms with Crippen LogP contribution in [0.3, 0.4) is 0 Å². The van der Waals surface area contributed by atoms with E-state index in [1.54, 1.807) is 53.4 Å². The van der Waals surface area contributed by atoms with Gasteiger partial charge < -0.3 is 4.90 Å². The third kappa shape index (κ3) is 4.01. The quantitative estimate of drug-likeness (QED) is 0.595. The van der Waals surface area contributed by atoms with Gasteiger partial charge in [-0.25, -0.2) is 4.90 Å². The molecule has 30 heavy (non-hydrogen) atoms. The number of benzene rings is 3. The van der Waals surface area contributed by atoms with E-state index in [0.29, 0.717) is 24.2 Å². The summed E-state index contributed by atoms with van der Waals surface area (Å²) in [5.74, 6) is -0.891. The van der Waals surface area contributed by atoms with E-state index in [9.17, 15) is 14.4 Å². The van der Waals surface area contributed by atoms with Gasteiger partial charge in [-0.05, 0) is 36.2 Å². The van der Waals surface area contributed by atoms with Crippen molar-refractivity contribution in [1.82, 2.24) is 4.90 Å². The molecular formula is C25H22N2O3. The Hall–Kier alpha value is -3.73. The Morgan fingerprint density at radius 1 is 0.833 bits per heavy atom. The van der Waals surface area contributed by atoms with Crippen LogP contribution in [0.25, 0.3) is 0 Å². The highest BCUT2D eigenvalue weighted by Gasteiger charge is 2.44. The van der Waals surface area contributed by atoms with Gasteiger partial charge in [-0.2, -0.15) is 0 Å². The molecule has 0 N–H and O–H groups in total. The first-order valence-corrected chi connectivity index (χ1v) is 9.97. The summed E-state index contributed by atoms with van der Waals surface area (Å²) >= 11 is 0. The fourth-order valence-corrected chi connectivity index (χ4v) is 3.75. The minimum Gasteiger partial charge on any atom is -0.326 e. The summed E-state index contributed by atoms with van der Waals surface area (Å²) in [5.41, 5.74) is 2.11. The lowest BCUT2D eigenvalue weighted by Gasteiger charge is -2.28. The van der Waals surface area contributed by atoms with Crippen molar-refractivity contribution in [2.75, 3.05) is 11.4 Å². The number of carbonyl (C=O) groups excluding carboxylic acids is 3. The summed E-state index contributed by atoms with van der Waals surface area (Å²) in [4.78, 5) is 41.9. The normalized spacial score (nSPS) is 16.0. The molecule has 3 aromatic carbocycles. The zero-order valence-electron chi connectivity index (χ0n) is 16.5. The maximum atomic E-state index is 13.3. The zero-order chi connectivity index (χ0) is 20.9. The second-order valence-electron chi connectivity index (χ2n) is 7.22. The number of carbonyl (C=O) groups is 3. The van der Waals surface area contributed by atoms with E-state index >= 15 is 0 Å². The molecular weight excluding hydrogens is 376 g/mol. The van der Waals surface area contributed by atoms with Gasteiger partial charge in [0.2, 0.25) is 5.91 Å². The van der Waals surface area contributed by atoms with Crippen molar-refractivity contribution < 1.29 is 14.4 Å². The van der Waals surface area contributed by atoms with Crippen LogP contribution in [0.4, 0.5) is 5.69 Å². The summed E-state index contributed by atoms with van der Waals surface area (Å²) in [6.07, 6.45) is 0.587. The van der Waals surface area contributed by atoms with Gasteiger partial charge >= 0.3 is 0 Å². The fourth-order valence-electron chi connectivity index (χ4n) is 3.75. The van der Waals surface area contributed by atoms with E-state index in [0.717, 1.165) is 5.56 Å². The molecule has 1 aliphatic rings. The number of para-hydroxylation sites is 1. The van der Waals surface area contributed by atoms with Crippen molar-refractivity contribution in [3.05, 3.63) is 102 Å². The molecule has 5 heteroatoms. The number of amides is 3. The number of hydrogen-bond donors (Lipinski definition) is 0. The molecule has 3 amide bonds. The highest BCUT2D eigenvalue weighted by Crippen LogP contribution is 2.26. The van der Waals surface area contributed by atoms with E-state index in [4.69, 9.17) is 0 Å². The first-order valence-electron chi connectivity index (χ1n) is 9.97. The SMILES string of the molecule is O=C1C[C@@H](N(CCc2ccccc2)C(=O)c2ccccc2)C(=O)N1c1ccccc1. The van der Waals surface area contributed by atoms with Crippen LogP contribution >= 0.6 is 0 Å². The molecule has 0 aromatic heterocycles. The summed E-state index contributed by atoms with van der Waals surface area (Å²) in [6, 6.07) is 26.7. The Morgan fingerprint density at radius 3 is 2.03 bits per heavy atom. The smallest absolute Gasteiger partial charge is 0.257 e. The number of nitrogens with zero attached hydrogens (tertiary/aromatic N) is 2. The first kappa shape index (κ1) is 19.6. The Balaban J connectivity index is 1.62. The summed E-state index contributed by atoms with van der Waals surface area (Å²) < 4.78 is 0. The molecule has 0 bridgehead atoms. The van der Waals surface area contributed by atoms with Crippen LogP contribution in [0, 0.1) is 0 Å². The lowest BCUT2D eigenvalue weighted by molar-refractivity contribution is -0.122.